The number of likely N-dealkylation sites (N-methyl/N-ethyl adjacent to an activating group) is 1. The zero-order valence-corrected chi connectivity index (χ0v) is 16.8. The molecule has 0 aliphatic carbocycles. The van der Waals surface area contributed by atoms with Crippen molar-refractivity contribution < 1.29 is 13.9 Å². The number of para-hydroxylation sites is 1. The standard InChI is InChI=1S/C20H18N6O3S/c1-24-6-7-25-17-11(9-21)14(13-8-10-4-2-3-5-12(10)28-13)15-16(22)19(29-20(23)27)30-18(15)26-17/h2-5,8,24H,6-7,22H2,1H3,(H2,23,27)(H,25,26). The number of nitrogens with two attached hydrogens (primary N) is 2. The molecule has 6 N–H and O–H groups in total. The molecule has 9 nitrogen and oxygen atoms in total. The zero-order valence-electron chi connectivity index (χ0n) is 16.0. The number of ether oxygens (including phenoxy) is 1. The summed E-state index contributed by atoms with van der Waals surface area (Å²) in [5.41, 5.74) is 13.1. The highest BCUT2D eigenvalue weighted by molar-refractivity contribution is 7.21. The van der Waals surface area contributed by atoms with Crippen LogP contribution in [-0.4, -0.2) is 31.2 Å². The van der Waals surface area contributed by atoms with Gasteiger partial charge in [-0.05, 0) is 19.2 Å². The summed E-state index contributed by atoms with van der Waals surface area (Å²) in [6.07, 6.45) is -0.980. The summed E-state index contributed by atoms with van der Waals surface area (Å²) in [5, 5.41) is 17.6. The van der Waals surface area contributed by atoms with E-state index in [1.54, 1.807) is 0 Å². The van der Waals surface area contributed by atoms with Gasteiger partial charge in [-0.2, -0.15) is 5.26 Å². The minimum atomic E-state index is -0.980. The van der Waals surface area contributed by atoms with Gasteiger partial charge in [0.25, 0.3) is 0 Å². The Kier molecular flexibility index (Phi) is 5.14. The number of benzene rings is 1. The minimum absolute atomic E-state index is 0.124. The Bertz CT molecular complexity index is 1270. The van der Waals surface area contributed by atoms with Crippen LogP contribution in [0.5, 0.6) is 5.06 Å². The number of nitrogens with one attached hydrogen (secondary N) is 2. The first-order valence-electron chi connectivity index (χ1n) is 9.04. The van der Waals surface area contributed by atoms with Crippen LogP contribution in [0.25, 0.3) is 32.5 Å². The third-order valence-corrected chi connectivity index (χ3v) is 5.46. The van der Waals surface area contributed by atoms with Crippen molar-refractivity contribution in [3.05, 3.63) is 35.9 Å². The van der Waals surface area contributed by atoms with E-state index in [2.05, 4.69) is 21.7 Å². The van der Waals surface area contributed by atoms with Gasteiger partial charge in [0.05, 0.1) is 16.6 Å². The van der Waals surface area contributed by atoms with E-state index >= 15 is 0 Å². The number of amides is 1. The maximum absolute atomic E-state index is 11.3. The van der Waals surface area contributed by atoms with Gasteiger partial charge in [0.15, 0.2) is 0 Å². The van der Waals surface area contributed by atoms with E-state index in [-0.39, 0.29) is 16.3 Å². The van der Waals surface area contributed by atoms with Crippen LogP contribution in [0.2, 0.25) is 0 Å². The van der Waals surface area contributed by atoms with Gasteiger partial charge in [0, 0.05) is 18.5 Å². The van der Waals surface area contributed by atoms with Crippen LogP contribution >= 0.6 is 11.3 Å². The highest BCUT2D eigenvalue weighted by Crippen LogP contribution is 2.47. The lowest BCUT2D eigenvalue weighted by Gasteiger charge is -2.11. The lowest BCUT2D eigenvalue weighted by Crippen LogP contribution is -2.18. The number of hydrogen-bond acceptors (Lipinski definition) is 9. The molecule has 0 fully saturated rings. The van der Waals surface area contributed by atoms with E-state index in [1.807, 2.05) is 37.4 Å². The first kappa shape index (κ1) is 19.5. The number of fused-ring (bicyclic) bond motifs is 2. The van der Waals surface area contributed by atoms with Gasteiger partial charge in [0.2, 0.25) is 5.06 Å². The minimum Gasteiger partial charge on any atom is -0.456 e. The van der Waals surface area contributed by atoms with Crippen LogP contribution in [0.1, 0.15) is 5.56 Å². The number of nitriles is 1. The zero-order chi connectivity index (χ0) is 21.3. The summed E-state index contributed by atoms with van der Waals surface area (Å²) in [7, 11) is 1.83. The molecule has 0 bridgehead atoms. The van der Waals surface area contributed by atoms with Gasteiger partial charge in [-0.15, -0.1) is 0 Å². The van der Waals surface area contributed by atoms with Crippen molar-refractivity contribution in [2.45, 2.75) is 0 Å². The number of carbonyl (C=O) groups is 1. The fourth-order valence-electron chi connectivity index (χ4n) is 3.19. The molecular weight excluding hydrogens is 404 g/mol. The number of pyridine rings is 1. The third-order valence-electron chi connectivity index (χ3n) is 4.49. The predicted octanol–water partition coefficient (Wildman–Crippen LogP) is 3.25. The van der Waals surface area contributed by atoms with E-state index < -0.39 is 6.09 Å². The lowest BCUT2D eigenvalue weighted by atomic mass is 10.0. The van der Waals surface area contributed by atoms with E-state index in [1.165, 1.54) is 0 Å². The molecule has 30 heavy (non-hydrogen) atoms. The van der Waals surface area contributed by atoms with Crippen LogP contribution in [0.4, 0.5) is 16.3 Å². The molecular formula is C20H18N6O3S. The monoisotopic (exact) mass is 422 g/mol. The second-order valence-electron chi connectivity index (χ2n) is 6.41. The molecule has 0 aliphatic heterocycles. The number of anilines is 2. The number of aromatic nitrogens is 1. The van der Waals surface area contributed by atoms with Gasteiger partial charge in [-0.1, -0.05) is 29.5 Å². The number of carbonyl (C=O) groups excluding carboxylic acids is 1. The number of nitrogens with zero attached hydrogens (tertiary/aromatic N) is 2. The molecule has 0 unspecified atom stereocenters. The topological polar surface area (TPSA) is 152 Å². The number of primary amides is 1. The van der Waals surface area contributed by atoms with E-state index in [0.29, 0.717) is 46.0 Å². The molecule has 0 saturated heterocycles. The largest absolute Gasteiger partial charge is 0.456 e. The summed E-state index contributed by atoms with van der Waals surface area (Å²) in [5.74, 6) is 0.856. The molecule has 152 valence electrons. The molecule has 0 aliphatic rings. The summed E-state index contributed by atoms with van der Waals surface area (Å²) in [4.78, 5) is 16.3. The van der Waals surface area contributed by atoms with E-state index in [0.717, 1.165) is 16.7 Å². The van der Waals surface area contributed by atoms with Gasteiger partial charge in [0.1, 0.15) is 33.6 Å². The molecule has 0 saturated carbocycles. The first-order valence-corrected chi connectivity index (χ1v) is 9.86. The number of hydrogen-bond donors (Lipinski definition) is 4. The fourth-order valence-corrected chi connectivity index (χ4v) is 4.16. The Labute approximate surface area is 175 Å². The second-order valence-corrected chi connectivity index (χ2v) is 7.37. The second kappa shape index (κ2) is 7.90. The van der Waals surface area contributed by atoms with Crippen LogP contribution in [0.3, 0.4) is 0 Å². The number of rotatable bonds is 6. The van der Waals surface area contributed by atoms with E-state index in [9.17, 15) is 10.1 Å². The number of furan rings is 1. The molecule has 4 aromatic rings. The van der Waals surface area contributed by atoms with Crippen molar-refractivity contribution in [1.82, 2.24) is 10.3 Å². The van der Waals surface area contributed by atoms with Crippen LogP contribution < -0.4 is 26.8 Å². The van der Waals surface area contributed by atoms with Crippen LogP contribution in [0, 0.1) is 11.3 Å². The maximum Gasteiger partial charge on any atom is 0.410 e. The van der Waals surface area contributed by atoms with Crippen molar-refractivity contribution in [3.63, 3.8) is 0 Å². The molecule has 1 amide bonds. The first-order chi connectivity index (χ1) is 14.5. The van der Waals surface area contributed by atoms with Crippen molar-refractivity contribution >= 4 is 50.1 Å². The Morgan fingerprint density at radius 2 is 2.17 bits per heavy atom. The van der Waals surface area contributed by atoms with Crippen LogP contribution in [-0.2, 0) is 0 Å². The Morgan fingerprint density at radius 1 is 1.37 bits per heavy atom. The maximum atomic E-state index is 11.3. The van der Waals surface area contributed by atoms with Crippen molar-refractivity contribution in [3.8, 4) is 22.5 Å². The van der Waals surface area contributed by atoms with Gasteiger partial charge < -0.3 is 31.3 Å². The van der Waals surface area contributed by atoms with Gasteiger partial charge in [-0.25, -0.2) is 9.78 Å². The molecule has 10 heteroatoms. The Hall–Kier alpha value is -3.81. The van der Waals surface area contributed by atoms with Gasteiger partial charge in [-0.3, -0.25) is 0 Å². The summed E-state index contributed by atoms with van der Waals surface area (Å²) in [6.45, 7) is 1.22. The van der Waals surface area contributed by atoms with Crippen molar-refractivity contribution in [2.24, 2.45) is 5.73 Å². The van der Waals surface area contributed by atoms with Crippen LogP contribution in [0.15, 0.2) is 34.7 Å². The average Bonchev–Trinajstić information content (AvgIpc) is 3.28. The Morgan fingerprint density at radius 3 is 2.87 bits per heavy atom. The molecule has 3 aromatic heterocycles. The fraction of sp³-hybridized carbons (Fsp3) is 0.150. The summed E-state index contributed by atoms with van der Waals surface area (Å²) >= 11 is 1.07. The normalized spacial score (nSPS) is 10.9. The summed E-state index contributed by atoms with van der Waals surface area (Å²) in [6, 6.07) is 11.6. The quantitative estimate of drug-likeness (QED) is 0.346. The molecule has 3 heterocycles. The molecule has 0 atom stereocenters. The van der Waals surface area contributed by atoms with Gasteiger partial charge >= 0.3 is 6.09 Å². The lowest BCUT2D eigenvalue weighted by molar-refractivity contribution is 0.212. The SMILES string of the molecule is CNCCNc1nc2sc(OC(N)=O)c(N)c2c(-c2cc3ccccc3o2)c1C#N. The Balaban J connectivity index is 2.01. The van der Waals surface area contributed by atoms with E-state index in [4.69, 9.17) is 20.6 Å². The highest BCUT2D eigenvalue weighted by atomic mass is 32.1. The smallest absolute Gasteiger partial charge is 0.410 e. The predicted molar refractivity (Wildman–Crippen MR) is 117 cm³/mol. The number of thiophene rings is 1. The third kappa shape index (κ3) is 3.36. The average molecular weight is 422 g/mol. The van der Waals surface area contributed by atoms with Crippen molar-refractivity contribution in [1.29, 1.82) is 5.26 Å². The molecule has 0 radical (unpaired) electrons. The molecule has 1 aromatic carbocycles. The highest BCUT2D eigenvalue weighted by Gasteiger charge is 2.25. The molecule has 4 rings (SSSR count). The molecule has 0 spiro atoms. The summed E-state index contributed by atoms with van der Waals surface area (Å²) < 4.78 is 11.1. The number of nitrogen functional groups attached to an aromatic ring is 1. The van der Waals surface area contributed by atoms with Crippen molar-refractivity contribution in [2.75, 3.05) is 31.2 Å².